The van der Waals surface area contributed by atoms with E-state index in [0.717, 1.165) is 12.8 Å². The van der Waals surface area contributed by atoms with Crippen molar-refractivity contribution in [2.24, 2.45) is 16.8 Å². The lowest BCUT2D eigenvalue weighted by molar-refractivity contribution is -0.106. The molecular weight excluding hydrogens is 138 g/mol. The van der Waals surface area contributed by atoms with Gasteiger partial charge in [0.1, 0.15) is 0 Å². The van der Waals surface area contributed by atoms with Crippen LogP contribution in [0.25, 0.3) is 0 Å². The zero-order valence-corrected chi connectivity index (χ0v) is 7.58. The predicted octanol–water partition coefficient (Wildman–Crippen LogP) is 2.29. The molecule has 0 radical (unpaired) electrons. The van der Waals surface area contributed by atoms with Crippen LogP contribution in [0.5, 0.6) is 0 Å². The summed E-state index contributed by atoms with van der Waals surface area (Å²) in [7, 11) is 0. The summed E-state index contributed by atoms with van der Waals surface area (Å²) in [6, 6.07) is 0. The molecule has 0 aliphatic carbocycles. The molecule has 0 N–H and O–H groups in total. The number of carbonyl (C=O) groups excluding carboxylic acids is 1. The molecule has 0 aromatic carbocycles. The van der Waals surface area contributed by atoms with E-state index in [2.05, 4.69) is 25.8 Å². The van der Waals surface area contributed by atoms with Crippen molar-refractivity contribution in [1.29, 1.82) is 0 Å². The van der Waals surface area contributed by atoms with Crippen molar-refractivity contribution in [2.45, 2.75) is 33.6 Å². The number of nitrogens with zero attached hydrogens (tertiary/aromatic N) is 1. The maximum atomic E-state index is 9.85. The highest BCUT2D eigenvalue weighted by molar-refractivity contribution is 5.69. The monoisotopic (exact) mass is 155 g/mol. The second-order valence-electron chi connectivity index (χ2n) is 3.09. The smallest absolute Gasteiger partial charge is 0.232 e. The zero-order chi connectivity index (χ0) is 8.69. The molecule has 0 aliphatic rings. The van der Waals surface area contributed by atoms with Gasteiger partial charge in [0.05, 0.1) is 0 Å². The van der Waals surface area contributed by atoms with Crippen molar-refractivity contribution in [3.63, 3.8) is 0 Å². The van der Waals surface area contributed by atoms with Crippen LogP contribution < -0.4 is 0 Å². The lowest BCUT2D eigenvalue weighted by atomic mass is 9.91. The third kappa shape index (κ3) is 4.71. The Morgan fingerprint density at radius 3 is 2.45 bits per heavy atom. The fourth-order valence-electron chi connectivity index (χ4n) is 1.15. The molecule has 1 unspecified atom stereocenters. The van der Waals surface area contributed by atoms with E-state index in [9.17, 15) is 4.79 Å². The third-order valence-electron chi connectivity index (χ3n) is 2.04. The van der Waals surface area contributed by atoms with E-state index in [4.69, 9.17) is 0 Å². The minimum atomic E-state index is 0.590. The fourth-order valence-corrected chi connectivity index (χ4v) is 1.15. The van der Waals surface area contributed by atoms with Gasteiger partial charge in [-0.25, -0.2) is 4.99 Å². The molecule has 0 saturated heterocycles. The first-order valence-corrected chi connectivity index (χ1v) is 4.17. The van der Waals surface area contributed by atoms with Crippen LogP contribution in [-0.2, 0) is 4.79 Å². The summed E-state index contributed by atoms with van der Waals surface area (Å²) < 4.78 is 0. The van der Waals surface area contributed by atoms with Gasteiger partial charge in [-0.3, -0.25) is 4.79 Å². The summed E-state index contributed by atoms with van der Waals surface area (Å²) in [5.41, 5.74) is 0. The average molecular weight is 155 g/mol. The van der Waals surface area contributed by atoms with Gasteiger partial charge in [0, 0.05) is 6.21 Å². The highest BCUT2D eigenvalue weighted by Crippen LogP contribution is 2.17. The molecule has 0 aromatic rings. The van der Waals surface area contributed by atoms with Crippen LogP contribution >= 0.6 is 0 Å². The van der Waals surface area contributed by atoms with Crippen molar-refractivity contribution < 1.29 is 4.79 Å². The zero-order valence-electron chi connectivity index (χ0n) is 7.58. The first-order valence-electron chi connectivity index (χ1n) is 4.17. The van der Waals surface area contributed by atoms with E-state index in [1.54, 1.807) is 6.21 Å². The van der Waals surface area contributed by atoms with Crippen LogP contribution in [0.4, 0.5) is 0 Å². The van der Waals surface area contributed by atoms with Crippen molar-refractivity contribution in [1.82, 2.24) is 0 Å². The third-order valence-corrected chi connectivity index (χ3v) is 2.04. The van der Waals surface area contributed by atoms with Crippen molar-refractivity contribution in [3.05, 3.63) is 0 Å². The van der Waals surface area contributed by atoms with Crippen LogP contribution in [-0.4, -0.2) is 12.6 Å². The van der Waals surface area contributed by atoms with Crippen LogP contribution in [0.1, 0.15) is 33.6 Å². The average Bonchev–Trinajstić information content (AvgIpc) is 1.97. The lowest BCUT2D eigenvalue weighted by Gasteiger charge is -2.15. The number of hydrogen-bond donors (Lipinski definition) is 0. The molecule has 0 heterocycles. The molecule has 64 valence electrons. The molecule has 11 heavy (non-hydrogen) atoms. The van der Waals surface area contributed by atoms with Gasteiger partial charge in [0.25, 0.3) is 0 Å². The SMILES string of the molecule is CCC(C/C=N/C=O)C(C)C. The Morgan fingerprint density at radius 2 is 2.09 bits per heavy atom. The van der Waals surface area contributed by atoms with Crippen LogP contribution in [0, 0.1) is 11.8 Å². The first kappa shape index (κ1) is 10.3. The number of amides is 1. The number of rotatable bonds is 5. The van der Waals surface area contributed by atoms with Gasteiger partial charge in [0.15, 0.2) is 0 Å². The van der Waals surface area contributed by atoms with Crippen LogP contribution in [0.2, 0.25) is 0 Å². The normalized spacial score (nSPS) is 14.2. The Bertz CT molecular complexity index is 130. The summed E-state index contributed by atoms with van der Waals surface area (Å²) in [4.78, 5) is 13.4. The topological polar surface area (TPSA) is 29.4 Å². The second kappa shape index (κ2) is 6.08. The van der Waals surface area contributed by atoms with E-state index in [1.165, 1.54) is 0 Å². The molecule has 0 saturated carbocycles. The molecule has 2 nitrogen and oxygen atoms in total. The van der Waals surface area contributed by atoms with Gasteiger partial charge in [-0.1, -0.05) is 27.2 Å². The van der Waals surface area contributed by atoms with E-state index >= 15 is 0 Å². The van der Waals surface area contributed by atoms with E-state index in [-0.39, 0.29) is 0 Å². The van der Waals surface area contributed by atoms with Gasteiger partial charge >= 0.3 is 0 Å². The minimum absolute atomic E-state index is 0.590. The minimum Gasteiger partial charge on any atom is -0.276 e. The Morgan fingerprint density at radius 1 is 1.45 bits per heavy atom. The first-order chi connectivity index (χ1) is 5.22. The van der Waals surface area contributed by atoms with Gasteiger partial charge < -0.3 is 0 Å². The Kier molecular flexibility index (Phi) is 5.71. The molecule has 1 amide bonds. The largest absolute Gasteiger partial charge is 0.276 e. The molecule has 0 fully saturated rings. The molecule has 0 bridgehead atoms. The second-order valence-corrected chi connectivity index (χ2v) is 3.09. The van der Waals surface area contributed by atoms with Gasteiger partial charge in [-0.05, 0) is 18.3 Å². The van der Waals surface area contributed by atoms with Crippen molar-refractivity contribution in [2.75, 3.05) is 0 Å². The maximum absolute atomic E-state index is 9.85. The van der Waals surface area contributed by atoms with Crippen LogP contribution in [0.3, 0.4) is 0 Å². The standard InChI is InChI=1S/C9H17NO/c1-4-9(8(2)3)5-6-10-7-11/h6-9H,4-5H2,1-3H3/b10-6+. The van der Waals surface area contributed by atoms with Gasteiger partial charge in [0.2, 0.25) is 6.41 Å². The summed E-state index contributed by atoms with van der Waals surface area (Å²) in [6.07, 6.45) is 4.38. The maximum Gasteiger partial charge on any atom is 0.232 e. The molecule has 2 heteroatoms. The Balaban J connectivity index is 3.68. The quantitative estimate of drug-likeness (QED) is 0.442. The van der Waals surface area contributed by atoms with E-state index in [1.807, 2.05) is 0 Å². The van der Waals surface area contributed by atoms with Crippen LogP contribution in [0.15, 0.2) is 4.99 Å². The highest BCUT2D eigenvalue weighted by atomic mass is 16.1. The van der Waals surface area contributed by atoms with Crippen molar-refractivity contribution in [3.8, 4) is 0 Å². The molecule has 0 aliphatic heterocycles. The van der Waals surface area contributed by atoms with E-state index in [0.29, 0.717) is 18.2 Å². The fraction of sp³-hybridized carbons (Fsp3) is 0.778. The van der Waals surface area contributed by atoms with E-state index < -0.39 is 0 Å². The molecule has 0 aromatic heterocycles. The molecule has 1 atom stereocenters. The number of hydrogen-bond acceptors (Lipinski definition) is 1. The Hall–Kier alpha value is -0.660. The highest BCUT2D eigenvalue weighted by Gasteiger charge is 2.08. The number of aliphatic imine (C=N–C) groups is 1. The molecular formula is C9H17NO. The summed E-state index contributed by atoms with van der Waals surface area (Å²) in [6.45, 7) is 6.56. The summed E-state index contributed by atoms with van der Waals surface area (Å²) >= 11 is 0. The van der Waals surface area contributed by atoms with Gasteiger partial charge in [-0.15, -0.1) is 0 Å². The lowest BCUT2D eigenvalue weighted by Crippen LogP contribution is -2.07. The summed E-state index contributed by atoms with van der Waals surface area (Å²) in [5.74, 6) is 1.34. The molecule has 0 rings (SSSR count). The predicted molar refractivity (Wildman–Crippen MR) is 47.8 cm³/mol. The number of carbonyl (C=O) groups is 1. The van der Waals surface area contributed by atoms with Gasteiger partial charge in [-0.2, -0.15) is 0 Å². The Labute approximate surface area is 68.7 Å². The molecule has 0 spiro atoms. The van der Waals surface area contributed by atoms with Crippen molar-refractivity contribution >= 4 is 12.6 Å². The summed E-state index contributed by atoms with van der Waals surface area (Å²) in [5, 5.41) is 0.